The summed E-state index contributed by atoms with van der Waals surface area (Å²) in [4.78, 5) is 3.50. The SMILES string of the molecule is NCC1CCCCCN1S(=O)(=O)c1cncc(F)c1. The van der Waals surface area contributed by atoms with Crippen molar-refractivity contribution in [2.45, 2.75) is 36.6 Å². The summed E-state index contributed by atoms with van der Waals surface area (Å²) in [5.41, 5.74) is 5.67. The fourth-order valence-electron chi connectivity index (χ4n) is 2.37. The quantitative estimate of drug-likeness (QED) is 0.903. The van der Waals surface area contributed by atoms with E-state index in [1.807, 2.05) is 0 Å². The molecule has 1 saturated heterocycles. The molecule has 0 radical (unpaired) electrons. The van der Waals surface area contributed by atoms with Crippen LogP contribution in [0.5, 0.6) is 0 Å². The van der Waals surface area contributed by atoms with E-state index in [4.69, 9.17) is 5.73 Å². The molecule has 0 aliphatic carbocycles. The topological polar surface area (TPSA) is 76.3 Å². The van der Waals surface area contributed by atoms with Crippen LogP contribution in [0.4, 0.5) is 4.39 Å². The fraction of sp³-hybridized carbons (Fsp3) is 0.583. The van der Waals surface area contributed by atoms with Crippen molar-refractivity contribution >= 4 is 10.0 Å². The van der Waals surface area contributed by atoms with Gasteiger partial charge in [-0.05, 0) is 18.9 Å². The summed E-state index contributed by atoms with van der Waals surface area (Å²) in [5, 5.41) is 0. The molecule has 1 aliphatic heterocycles. The third kappa shape index (κ3) is 3.10. The minimum absolute atomic E-state index is 0.104. The Kier molecular flexibility index (Phi) is 4.49. The minimum atomic E-state index is -3.72. The Labute approximate surface area is 112 Å². The third-order valence-electron chi connectivity index (χ3n) is 3.38. The van der Waals surface area contributed by atoms with Crippen molar-refractivity contribution in [2.75, 3.05) is 13.1 Å². The molecule has 0 aromatic carbocycles. The van der Waals surface area contributed by atoms with Crippen molar-refractivity contribution in [3.05, 3.63) is 24.3 Å². The molecule has 0 saturated carbocycles. The second-order valence-corrected chi connectivity index (χ2v) is 6.58. The second-order valence-electron chi connectivity index (χ2n) is 4.69. The smallest absolute Gasteiger partial charge is 0.245 e. The molecular weight excluding hydrogens is 269 g/mol. The first-order valence-electron chi connectivity index (χ1n) is 6.38. The van der Waals surface area contributed by atoms with Crippen LogP contribution >= 0.6 is 0 Å². The van der Waals surface area contributed by atoms with Crippen LogP contribution in [0, 0.1) is 5.82 Å². The number of sulfonamides is 1. The van der Waals surface area contributed by atoms with Crippen molar-refractivity contribution in [2.24, 2.45) is 5.73 Å². The van der Waals surface area contributed by atoms with E-state index < -0.39 is 15.8 Å². The van der Waals surface area contributed by atoms with E-state index in [0.717, 1.165) is 37.9 Å². The lowest BCUT2D eigenvalue weighted by molar-refractivity contribution is 0.327. The summed E-state index contributed by atoms with van der Waals surface area (Å²) in [6.45, 7) is 0.711. The normalized spacial score (nSPS) is 22.1. The number of aromatic nitrogens is 1. The van der Waals surface area contributed by atoms with Gasteiger partial charge in [-0.1, -0.05) is 12.8 Å². The highest BCUT2D eigenvalue weighted by Crippen LogP contribution is 2.24. The van der Waals surface area contributed by atoms with Crippen LogP contribution in [0.15, 0.2) is 23.4 Å². The minimum Gasteiger partial charge on any atom is -0.329 e. The van der Waals surface area contributed by atoms with E-state index >= 15 is 0 Å². The number of rotatable bonds is 3. The van der Waals surface area contributed by atoms with Crippen LogP contribution < -0.4 is 5.73 Å². The Morgan fingerprint density at radius 2 is 2.16 bits per heavy atom. The largest absolute Gasteiger partial charge is 0.329 e. The van der Waals surface area contributed by atoms with Gasteiger partial charge >= 0.3 is 0 Å². The van der Waals surface area contributed by atoms with Gasteiger partial charge in [-0.2, -0.15) is 4.31 Å². The molecule has 1 atom stereocenters. The molecule has 7 heteroatoms. The molecule has 0 spiro atoms. The molecular formula is C12H18FN3O2S. The molecule has 2 rings (SSSR count). The number of nitrogens with two attached hydrogens (primary N) is 1. The van der Waals surface area contributed by atoms with Crippen molar-refractivity contribution in [3.63, 3.8) is 0 Å². The van der Waals surface area contributed by atoms with Crippen LogP contribution in [0.1, 0.15) is 25.7 Å². The second kappa shape index (κ2) is 5.94. The van der Waals surface area contributed by atoms with E-state index in [1.165, 1.54) is 10.5 Å². The van der Waals surface area contributed by atoms with Gasteiger partial charge in [0.05, 0.1) is 6.20 Å². The lowest BCUT2D eigenvalue weighted by atomic mass is 10.1. The molecule has 2 heterocycles. The van der Waals surface area contributed by atoms with Crippen molar-refractivity contribution in [1.82, 2.24) is 9.29 Å². The fourth-order valence-corrected chi connectivity index (χ4v) is 4.05. The van der Waals surface area contributed by atoms with Gasteiger partial charge in [0.15, 0.2) is 0 Å². The monoisotopic (exact) mass is 287 g/mol. The summed E-state index contributed by atoms with van der Waals surface area (Å²) >= 11 is 0. The number of pyridine rings is 1. The number of halogens is 1. The van der Waals surface area contributed by atoms with Gasteiger partial charge in [-0.3, -0.25) is 4.98 Å². The Hall–Kier alpha value is -1.05. The van der Waals surface area contributed by atoms with E-state index in [0.29, 0.717) is 6.54 Å². The maximum absolute atomic E-state index is 13.2. The highest BCUT2D eigenvalue weighted by Gasteiger charge is 2.32. The van der Waals surface area contributed by atoms with Gasteiger partial charge in [-0.25, -0.2) is 12.8 Å². The highest BCUT2D eigenvalue weighted by molar-refractivity contribution is 7.89. The first kappa shape index (κ1) is 14.4. The van der Waals surface area contributed by atoms with Gasteiger partial charge in [0.25, 0.3) is 0 Å². The van der Waals surface area contributed by atoms with Crippen molar-refractivity contribution < 1.29 is 12.8 Å². The molecule has 1 unspecified atom stereocenters. The molecule has 1 aromatic rings. The molecule has 2 N–H and O–H groups in total. The molecule has 0 bridgehead atoms. The number of hydrogen-bond donors (Lipinski definition) is 1. The van der Waals surface area contributed by atoms with Gasteiger partial charge in [0, 0.05) is 25.3 Å². The molecule has 1 fully saturated rings. The average molecular weight is 287 g/mol. The van der Waals surface area contributed by atoms with Crippen LogP contribution in [-0.2, 0) is 10.0 Å². The van der Waals surface area contributed by atoms with E-state index in [9.17, 15) is 12.8 Å². The predicted octanol–water partition coefficient (Wildman–Crippen LogP) is 1.11. The molecule has 0 amide bonds. The predicted molar refractivity (Wildman–Crippen MR) is 69.4 cm³/mol. The molecule has 5 nitrogen and oxygen atoms in total. The molecule has 19 heavy (non-hydrogen) atoms. The first-order valence-corrected chi connectivity index (χ1v) is 7.82. The van der Waals surface area contributed by atoms with Crippen LogP contribution in [0.25, 0.3) is 0 Å². The molecule has 1 aliphatic rings. The molecule has 1 aromatic heterocycles. The van der Waals surface area contributed by atoms with E-state index in [-0.39, 0.29) is 17.5 Å². The van der Waals surface area contributed by atoms with Gasteiger partial charge in [0.2, 0.25) is 10.0 Å². The zero-order valence-corrected chi connectivity index (χ0v) is 11.4. The Morgan fingerprint density at radius 3 is 2.84 bits per heavy atom. The van der Waals surface area contributed by atoms with E-state index in [2.05, 4.69) is 4.98 Å². The van der Waals surface area contributed by atoms with Crippen molar-refractivity contribution in [3.8, 4) is 0 Å². The highest BCUT2D eigenvalue weighted by atomic mass is 32.2. The maximum Gasteiger partial charge on any atom is 0.245 e. The first-order chi connectivity index (χ1) is 9.05. The lowest BCUT2D eigenvalue weighted by Gasteiger charge is -2.27. The average Bonchev–Trinajstić information content (AvgIpc) is 2.64. The number of hydrogen-bond acceptors (Lipinski definition) is 4. The van der Waals surface area contributed by atoms with Gasteiger partial charge in [0.1, 0.15) is 10.7 Å². The van der Waals surface area contributed by atoms with Gasteiger partial charge in [-0.15, -0.1) is 0 Å². The van der Waals surface area contributed by atoms with Crippen molar-refractivity contribution in [1.29, 1.82) is 0 Å². The van der Waals surface area contributed by atoms with Crippen LogP contribution in [-0.4, -0.2) is 36.8 Å². The Balaban J connectivity index is 2.36. The lowest BCUT2D eigenvalue weighted by Crippen LogP contribution is -2.44. The number of nitrogens with zero attached hydrogens (tertiary/aromatic N) is 2. The zero-order valence-electron chi connectivity index (χ0n) is 10.6. The summed E-state index contributed by atoms with van der Waals surface area (Å²) in [6, 6.07) is 0.789. The van der Waals surface area contributed by atoms with Crippen LogP contribution in [0.2, 0.25) is 0 Å². The van der Waals surface area contributed by atoms with Gasteiger partial charge < -0.3 is 5.73 Å². The standard InChI is InChI=1S/C12H18FN3O2S/c13-10-6-12(9-15-8-10)19(17,18)16-5-3-1-2-4-11(16)7-14/h6,8-9,11H,1-5,7,14H2. The zero-order chi connectivity index (χ0) is 13.9. The summed E-state index contributed by atoms with van der Waals surface area (Å²) in [7, 11) is -3.72. The summed E-state index contributed by atoms with van der Waals surface area (Å²) < 4.78 is 39.6. The van der Waals surface area contributed by atoms with Crippen LogP contribution in [0.3, 0.4) is 0 Å². The molecule has 106 valence electrons. The summed E-state index contributed by atoms with van der Waals surface area (Å²) in [5.74, 6) is -0.653. The Bertz CT molecular complexity index is 536. The third-order valence-corrected chi connectivity index (χ3v) is 5.30. The van der Waals surface area contributed by atoms with E-state index in [1.54, 1.807) is 0 Å². The summed E-state index contributed by atoms with van der Waals surface area (Å²) in [6.07, 6.45) is 5.68. The Morgan fingerprint density at radius 1 is 1.37 bits per heavy atom. The maximum atomic E-state index is 13.2.